The minimum Gasteiger partial charge on any atom is -0.382 e. The van der Waals surface area contributed by atoms with E-state index in [2.05, 4.69) is 54.2 Å². The van der Waals surface area contributed by atoms with Crippen molar-refractivity contribution in [3.05, 3.63) is 105 Å². The molecule has 6 rings (SSSR count). The average molecular weight is 729 g/mol. The first-order valence-corrected chi connectivity index (χ1v) is 18.2. The molecule has 1 saturated heterocycles. The second kappa shape index (κ2) is 20.0. The van der Waals surface area contributed by atoms with Crippen LogP contribution in [-0.2, 0) is 11.3 Å². The molecule has 0 radical (unpaired) electrons. The van der Waals surface area contributed by atoms with Gasteiger partial charge >= 0.3 is 5.69 Å². The molecule has 0 aliphatic carbocycles. The number of anilines is 2. The van der Waals surface area contributed by atoms with Gasteiger partial charge in [-0.3, -0.25) is 14.2 Å². The zero-order valence-corrected chi connectivity index (χ0v) is 32.1. The van der Waals surface area contributed by atoms with Crippen LogP contribution in [0.5, 0.6) is 0 Å². The molecule has 0 atom stereocenters. The van der Waals surface area contributed by atoms with E-state index in [9.17, 15) is 18.8 Å². The molecule has 1 amide bonds. The van der Waals surface area contributed by atoms with Gasteiger partial charge in [0.25, 0.3) is 11.5 Å². The van der Waals surface area contributed by atoms with E-state index in [-0.39, 0.29) is 17.8 Å². The Labute approximate surface area is 310 Å². The lowest BCUT2D eigenvalue weighted by Crippen LogP contribution is -2.42. The van der Waals surface area contributed by atoms with E-state index in [0.717, 1.165) is 71.1 Å². The molecule has 284 valence electrons. The fourth-order valence-corrected chi connectivity index (χ4v) is 5.67. The highest BCUT2D eigenvalue weighted by molar-refractivity contribution is 6.04. The number of nitrogens with zero attached hydrogens (tertiary/aromatic N) is 6. The van der Waals surface area contributed by atoms with Gasteiger partial charge < -0.3 is 20.7 Å². The Hall–Kier alpha value is -5.43. The third kappa shape index (κ3) is 10.3. The minimum absolute atomic E-state index is 0.0406. The maximum absolute atomic E-state index is 13.9. The Morgan fingerprint density at radius 2 is 1.68 bits per heavy atom. The summed E-state index contributed by atoms with van der Waals surface area (Å²) in [5.41, 5.74) is 8.62. The van der Waals surface area contributed by atoms with E-state index < -0.39 is 23.0 Å². The number of halogens is 1. The van der Waals surface area contributed by atoms with Gasteiger partial charge in [-0.1, -0.05) is 59.2 Å². The number of amides is 1. The summed E-state index contributed by atoms with van der Waals surface area (Å²) < 4.78 is 17.8. The lowest BCUT2D eigenvalue weighted by Gasteiger charge is -2.28. The monoisotopic (exact) mass is 728 g/mol. The van der Waals surface area contributed by atoms with Gasteiger partial charge in [0.15, 0.2) is 5.82 Å². The quantitative estimate of drug-likeness (QED) is 0.174. The zero-order valence-electron chi connectivity index (χ0n) is 32.1. The SMILES string of the molecule is CC.CC=O.CCC(C)C.CCn1cc(C(=O)Nc2ccc(-c3cc(C4CCN(C)CC4)n4ncnc(N)c34)cc2)c(=O)n(-c2cccc(F)c2)c1=O. The predicted octanol–water partition coefficient (Wildman–Crippen LogP) is 6.80. The Kier molecular flexibility index (Phi) is 15.8. The Morgan fingerprint density at radius 3 is 2.25 bits per heavy atom. The lowest BCUT2D eigenvalue weighted by atomic mass is 9.93. The number of fused-ring (bicyclic) bond motifs is 1. The van der Waals surface area contributed by atoms with E-state index in [4.69, 9.17) is 10.5 Å². The lowest BCUT2D eigenvalue weighted by molar-refractivity contribution is -0.106. The summed E-state index contributed by atoms with van der Waals surface area (Å²) in [7, 11) is 2.12. The molecule has 53 heavy (non-hydrogen) atoms. The number of aryl methyl sites for hydroxylation is 1. The van der Waals surface area contributed by atoms with Crippen LogP contribution in [0.1, 0.15) is 89.7 Å². The van der Waals surface area contributed by atoms with Gasteiger partial charge in [-0.25, -0.2) is 23.3 Å². The van der Waals surface area contributed by atoms with Crippen LogP contribution in [0, 0.1) is 11.7 Å². The molecule has 0 saturated carbocycles. The average Bonchev–Trinajstić information content (AvgIpc) is 3.55. The predicted molar refractivity (Wildman–Crippen MR) is 210 cm³/mol. The molecule has 1 aliphatic rings. The van der Waals surface area contributed by atoms with Crippen LogP contribution in [0.4, 0.5) is 15.9 Å². The third-order valence-electron chi connectivity index (χ3n) is 8.82. The Morgan fingerprint density at radius 1 is 1.06 bits per heavy atom. The van der Waals surface area contributed by atoms with Gasteiger partial charge in [0.2, 0.25) is 0 Å². The van der Waals surface area contributed by atoms with Crippen molar-refractivity contribution in [3.63, 3.8) is 0 Å². The largest absolute Gasteiger partial charge is 0.382 e. The topological polar surface area (TPSA) is 150 Å². The maximum atomic E-state index is 13.9. The number of benzene rings is 2. The van der Waals surface area contributed by atoms with Crippen LogP contribution < -0.4 is 22.3 Å². The van der Waals surface area contributed by atoms with Crippen LogP contribution >= 0.6 is 0 Å². The smallest absolute Gasteiger partial charge is 0.335 e. The Balaban J connectivity index is 0.000000680. The van der Waals surface area contributed by atoms with Crippen molar-refractivity contribution in [2.75, 3.05) is 31.2 Å². The highest BCUT2D eigenvalue weighted by Crippen LogP contribution is 2.36. The van der Waals surface area contributed by atoms with Crippen LogP contribution in [0.2, 0.25) is 0 Å². The molecule has 0 unspecified atom stereocenters. The fraction of sp³-hybridized carbons (Fsp3) is 0.400. The van der Waals surface area contributed by atoms with Crippen molar-refractivity contribution in [1.29, 1.82) is 0 Å². The molecule has 0 bridgehead atoms. The second-order valence-electron chi connectivity index (χ2n) is 12.8. The standard InChI is InChI=1S/C31H31FN8O3.C5H12.C2H4O.C2H6/c1-3-38-17-25(30(42)39(31(38)43)23-6-4-5-21(32)15-23)29(41)36-22-9-7-19(8-10-22)24-16-26(20-11-13-37(2)14-12-20)40-27(24)28(33)34-18-35-40;1-4-5(2)3;1-2-3;1-2/h4-10,15-18,20H,3,11-14H2,1-2H3,(H,36,41)(H2,33,34,35);5H,4H2,1-3H3;2H,1H3;1-2H3. The summed E-state index contributed by atoms with van der Waals surface area (Å²) in [4.78, 5) is 54.8. The number of nitrogens with two attached hydrogens (primary N) is 1. The van der Waals surface area contributed by atoms with Crippen molar-refractivity contribution in [2.24, 2.45) is 5.92 Å². The van der Waals surface area contributed by atoms with Crippen LogP contribution in [0.25, 0.3) is 22.3 Å². The number of hydrogen-bond donors (Lipinski definition) is 2. The number of aromatic nitrogens is 5. The third-order valence-corrected chi connectivity index (χ3v) is 8.82. The van der Waals surface area contributed by atoms with E-state index >= 15 is 0 Å². The van der Waals surface area contributed by atoms with Crippen molar-refractivity contribution in [3.8, 4) is 16.8 Å². The van der Waals surface area contributed by atoms with Crippen molar-refractivity contribution < 1.29 is 14.0 Å². The van der Waals surface area contributed by atoms with Gasteiger partial charge in [0.05, 0.1) is 5.69 Å². The molecular formula is C40H53FN8O4. The van der Waals surface area contributed by atoms with Crippen molar-refractivity contribution in [1.82, 2.24) is 28.6 Å². The molecule has 2 aromatic carbocycles. The first-order chi connectivity index (χ1) is 25.4. The number of hydrogen-bond acceptors (Lipinski definition) is 8. The molecule has 3 N–H and O–H groups in total. The van der Waals surface area contributed by atoms with Gasteiger partial charge in [-0.15, -0.1) is 0 Å². The molecule has 5 aromatic rings. The second-order valence-corrected chi connectivity index (χ2v) is 12.8. The summed E-state index contributed by atoms with van der Waals surface area (Å²) >= 11 is 0. The molecule has 13 heteroatoms. The number of likely N-dealkylation sites (tertiary alicyclic amines) is 1. The number of carbonyl (C=O) groups is 2. The maximum Gasteiger partial charge on any atom is 0.335 e. The molecule has 12 nitrogen and oxygen atoms in total. The summed E-state index contributed by atoms with van der Waals surface area (Å²) in [6, 6.07) is 14.4. The van der Waals surface area contributed by atoms with Crippen LogP contribution in [0.15, 0.2) is 76.7 Å². The fourth-order valence-electron chi connectivity index (χ4n) is 5.67. The number of piperidine rings is 1. The van der Waals surface area contributed by atoms with Crippen LogP contribution in [0.3, 0.4) is 0 Å². The Bertz CT molecular complexity index is 2080. The van der Waals surface area contributed by atoms with Gasteiger partial charge in [0, 0.05) is 35.6 Å². The van der Waals surface area contributed by atoms with E-state index in [1.54, 1.807) is 19.1 Å². The van der Waals surface area contributed by atoms with E-state index in [0.29, 0.717) is 17.4 Å². The number of carbonyl (C=O) groups excluding carboxylic acids is 2. The zero-order chi connectivity index (χ0) is 39.2. The van der Waals surface area contributed by atoms with E-state index in [1.807, 2.05) is 30.5 Å². The number of nitrogen functional groups attached to an aromatic ring is 1. The first-order valence-electron chi connectivity index (χ1n) is 18.2. The minimum atomic E-state index is -0.841. The van der Waals surface area contributed by atoms with E-state index in [1.165, 1.54) is 48.6 Å². The molecule has 0 spiro atoms. The molecule has 3 aromatic heterocycles. The molecule has 1 fully saturated rings. The number of aldehydes is 1. The van der Waals surface area contributed by atoms with Gasteiger partial charge in [-0.2, -0.15) is 5.10 Å². The summed E-state index contributed by atoms with van der Waals surface area (Å²) in [6.45, 7) is 16.0. The molecule has 4 heterocycles. The van der Waals surface area contributed by atoms with Gasteiger partial charge in [0.1, 0.15) is 29.5 Å². The summed E-state index contributed by atoms with van der Waals surface area (Å²) in [5.74, 6) is 0.302. The number of rotatable bonds is 7. The summed E-state index contributed by atoms with van der Waals surface area (Å²) in [6.07, 6.45) is 6.78. The van der Waals surface area contributed by atoms with Crippen molar-refractivity contribution in [2.45, 2.75) is 80.2 Å². The molecular weight excluding hydrogens is 675 g/mol. The first kappa shape index (κ1) is 42.0. The van der Waals surface area contributed by atoms with Crippen LogP contribution in [-0.4, -0.2) is 61.0 Å². The highest BCUT2D eigenvalue weighted by Gasteiger charge is 2.25. The molecule has 1 aliphatic heterocycles. The summed E-state index contributed by atoms with van der Waals surface area (Å²) in [5, 5.41) is 7.26. The number of nitrogens with one attached hydrogen (secondary N) is 1. The normalized spacial score (nSPS) is 12.9. The van der Waals surface area contributed by atoms with Gasteiger partial charge in [-0.05, 0) is 94.7 Å². The van der Waals surface area contributed by atoms with Crippen molar-refractivity contribution >= 4 is 29.2 Å². The highest BCUT2D eigenvalue weighted by atomic mass is 19.1.